The lowest BCUT2D eigenvalue weighted by Gasteiger charge is -2.43. The molecule has 0 aliphatic carbocycles. The number of carbonyl (C=O) groups is 1. The molecule has 8 heteroatoms. The van der Waals surface area contributed by atoms with Gasteiger partial charge in [-0.3, -0.25) is 4.79 Å². The fourth-order valence-electron chi connectivity index (χ4n) is 4.85. The molecule has 1 amide bonds. The van der Waals surface area contributed by atoms with Crippen molar-refractivity contribution in [1.82, 2.24) is 9.21 Å². The Kier molecular flexibility index (Phi) is 5.66. The van der Waals surface area contributed by atoms with Crippen molar-refractivity contribution < 1.29 is 22.3 Å². The average molecular weight is 447 g/mol. The summed E-state index contributed by atoms with van der Waals surface area (Å²) in [4.78, 5) is 14.8. The number of likely N-dealkylation sites (tertiary alicyclic amines) is 1. The Labute approximate surface area is 182 Å². The Morgan fingerprint density at radius 2 is 1.58 bits per heavy atom. The van der Waals surface area contributed by atoms with Gasteiger partial charge in [-0.15, -0.1) is 0 Å². The van der Waals surface area contributed by atoms with Crippen molar-refractivity contribution in [3.8, 4) is 0 Å². The first kappa shape index (κ1) is 21.9. The van der Waals surface area contributed by atoms with Crippen LogP contribution in [0.2, 0.25) is 0 Å². The molecule has 2 aliphatic rings. The topological polar surface area (TPSA) is 66.9 Å². The van der Waals surface area contributed by atoms with Crippen LogP contribution in [0.5, 0.6) is 0 Å². The Bertz CT molecular complexity index is 1080. The molecule has 2 aromatic carbocycles. The van der Waals surface area contributed by atoms with Gasteiger partial charge in [0, 0.05) is 38.0 Å². The summed E-state index contributed by atoms with van der Waals surface area (Å²) in [5.74, 6) is -0.580. The molecule has 2 fully saturated rings. The molecule has 0 saturated carbocycles. The SMILES string of the molecule is Cc1cc(C)c(S(=O)(=O)N2CCOC23CCN(C(=O)c2ccc(F)cc2)CC3)c(C)c1. The maximum Gasteiger partial charge on any atom is 0.253 e. The van der Waals surface area contributed by atoms with Crippen molar-refractivity contribution in [3.05, 3.63) is 64.5 Å². The smallest absolute Gasteiger partial charge is 0.253 e. The van der Waals surface area contributed by atoms with Gasteiger partial charge in [-0.2, -0.15) is 4.31 Å². The Hall–Kier alpha value is -2.29. The third-order valence-corrected chi connectivity index (χ3v) is 8.45. The molecule has 0 radical (unpaired) electrons. The molecule has 0 N–H and O–H groups in total. The summed E-state index contributed by atoms with van der Waals surface area (Å²) in [6.07, 6.45) is 0.784. The second-order valence-electron chi connectivity index (χ2n) is 8.40. The number of hydrogen-bond acceptors (Lipinski definition) is 4. The number of rotatable bonds is 3. The van der Waals surface area contributed by atoms with Crippen LogP contribution in [0.1, 0.15) is 39.9 Å². The first-order valence-electron chi connectivity index (χ1n) is 10.4. The summed E-state index contributed by atoms with van der Waals surface area (Å²) >= 11 is 0. The molecule has 0 unspecified atom stereocenters. The first-order chi connectivity index (χ1) is 14.6. The molecular formula is C23H27FN2O4S. The Morgan fingerprint density at radius 3 is 2.16 bits per heavy atom. The summed E-state index contributed by atoms with van der Waals surface area (Å²) in [6, 6.07) is 9.22. The Balaban J connectivity index is 1.57. The lowest BCUT2D eigenvalue weighted by atomic mass is 10.00. The van der Waals surface area contributed by atoms with Crippen LogP contribution < -0.4 is 0 Å². The van der Waals surface area contributed by atoms with Crippen LogP contribution in [0.25, 0.3) is 0 Å². The second kappa shape index (κ2) is 8.00. The van der Waals surface area contributed by atoms with Gasteiger partial charge in [0.1, 0.15) is 11.5 Å². The average Bonchev–Trinajstić information content (AvgIpc) is 3.11. The van der Waals surface area contributed by atoms with E-state index in [1.54, 1.807) is 4.90 Å². The lowest BCUT2D eigenvalue weighted by Crippen LogP contribution is -2.55. The van der Waals surface area contributed by atoms with Crippen LogP contribution in [0.4, 0.5) is 4.39 Å². The van der Waals surface area contributed by atoms with E-state index in [4.69, 9.17) is 4.74 Å². The molecule has 2 aliphatic heterocycles. The van der Waals surface area contributed by atoms with Gasteiger partial charge in [0.2, 0.25) is 10.0 Å². The molecule has 0 bridgehead atoms. The highest BCUT2D eigenvalue weighted by Crippen LogP contribution is 2.40. The quantitative estimate of drug-likeness (QED) is 0.725. The monoisotopic (exact) mass is 446 g/mol. The van der Waals surface area contributed by atoms with E-state index in [1.807, 2.05) is 32.9 Å². The number of hydrogen-bond donors (Lipinski definition) is 0. The van der Waals surface area contributed by atoms with Crippen LogP contribution in [0.15, 0.2) is 41.3 Å². The molecule has 2 aromatic rings. The minimum Gasteiger partial charge on any atom is -0.358 e. The van der Waals surface area contributed by atoms with Crippen molar-refractivity contribution in [3.63, 3.8) is 0 Å². The number of piperidine rings is 1. The van der Waals surface area contributed by atoms with Gasteiger partial charge >= 0.3 is 0 Å². The van der Waals surface area contributed by atoms with E-state index in [0.717, 1.165) is 16.7 Å². The highest BCUT2D eigenvalue weighted by molar-refractivity contribution is 7.89. The predicted molar refractivity (Wildman–Crippen MR) is 115 cm³/mol. The van der Waals surface area contributed by atoms with Crippen molar-refractivity contribution >= 4 is 15.9 Å². The summed E-state index contributed by atoms with van der Waals surface area (Å²) in [7, 11) is -3.76. The van der Waals surface area contributed by atoms with E-state index in [9.17, 15) is 17.6 Å². The van der Waals surface area contributed by atoms with Crippen LogP contribution in [-0.4, -0.2) is 55.5 Å². The number of sulfonamides is 1. The second-order valence-corrected chi connectivity index (χ2v) is 10.2. The Morgan fingerprint density at radius 1 is 1.00 bits per heavy atom. The molecule has 0 aromatic heterocycles. The largest absolute Gasteiger partial charge is 0.358 e. The molecule has 2 heterocycles. The molecule has 4 rings (SSSR count). The van der Waals surface area contributed by atoms with Crippen LogP contribution >= 0.6 is 0 Å². The zero-order chi connectivity index (χ0) is 22.4. The van der Waals surface area contributed by atoms with Crippen molar-refractivity contribution in [1.29, 1.82) is 0 Å². The van der Waals surface area contributed by atoms with E-state index < -0.39 is 21.6 Å². The number of carbonyl (C=O) groups excluding carboxylic acids is 1. The van der Waals surface area contributed by atoms with Gasteiger partial charge in [-0.05, 0) is 56.2 Å². The van der Waals surface area contributed by atoms with Gasteiger partial charge in [0.05, 0.1) is 11.5 Å². The number of ether oxygens (including phenoxy) is 1. The van der Waals surface area contributed by atoms with E-state index in [0.29, 0.717) is 49.5 Å². The summed E-state index contributed by atoms with van der Waals surface area (Å²) in [5, 5.41) is 0. The molecule has 6 nitrogen and oxygen atoms in total. The lowest BCUT2D eigenvalue weighted by molar-refractivity contribution is -0.0857. The van der Waals surface area contributed by atoms with Gasteiger partial charge in [0.25, 0.3) is 5.91 Å². The van der Waals surface area contributed by atoms with Gasteiger partial charge in [-0.1, -0.05) is 17.7 Å². The van der Waals surface area contributed by atoms with Crippen LogP contribution in [0.3, 0.4) is 0 Å². The van der Waals surface area contributed by atoms with Gasteiger partial charge in [-0.25, -0.2) is 12.8 Å². The van der Waals surface area contributed by atoms with Crippen molar-refractivity contribution in [2.45, 2.75) is 44.2 Å². The maximum absolute atomic E-state index is 13.7. The van der Waals surface area contributed by atoms with Crippen LogP contribution in [-0.2, 0) is 14.8 Å². The van der Waals surface area contributed by atoms with E-state index in [1.165, 1.54) is 28.6 Å². The van der Waals surface area contributed by atoms with E-state index >= 15 is 0 Å². The zero-order valence-corrected chi connectivity index (χ0v) is 18.8. The standard InChI is InChI=1S/C23H27FN2O4S/c1-16-14-17(2)21(18(3)15-16)31(28,29)26-12-13-30-23(26)8-10-25(11-9-23)22(27)19-4-6-20(24)7-5-19/h4-7,14-15H,8-13H2,1-3H3. The van der Waals surface area contributed by atoms with Crippen molar-refractivity contribution in [2.24, 2.45) is 0 Å². The number of benzene rings is 2. The van der Waals surface area contributed by atoms with Gasteiger partial charge < -0.3 is 9.64 Å². The maximum atomic E-state index is 13.7. The molecular weight excluding hydrogens is 419 g/mol. The normalized spacial score (nSPS) is 19.2. The minimum atomic E-state index is -3.76. The predicted octanol–water partition coefficient (Wildman–Crippen LogP) is 3.40. The van der Waals surface area contributed by atoms with E-state index in [-0.39, 0.29) is 5.91 Å². The first-order valence-corrected chi connectivity index (χ1v) is 11.9. The zero-order valence-electron chi connectivity index (χ0n) is 18.0. The van der Waals surface area contributed by atoms with Gasteiger partial charge in [0.15, 0.2) is 0 Å². The summed E-state index contributed by atoms with van der Waals surface area (Å²) in [5.41, 5.74) is 1.95. The number of aryl methyl sites for hydroxylation is 3. The molecule has 166 valence electrons. The fraction of sp³-hybridized carbons (Fsp3) is 0.435. The highest BCUT2D eigenvalue weighted by Gasteiger charge is 2.51. The number of nitrogens with zero attached hydrogens (tertiary/aromatic N) is 2. The highest BCUT2D eigenvalue weighted by atomic mass is 32.2. The minimum absolute atomic E-state index is 0.188. The third-order valence-electron chi connectivity index (χ3n) is 6.20. The molecule has 0 atom stereocenters. The van der Waals surface area contributed by atoms with Crippen LogP contribution in [0, 0.1) is 26.6 Å². The number of amides is 1. The van der Waals surface area contributed by atoms with Crippen molar-refractivity contribution in [2.75, 3.05) is 26.2 Å². The third kappa shape index (κ3) is 3.88. The molecule has 2 saturated heterocycles. The molecule has 1 spiro atoms. The summed E-state index contributed by atoms with van der Waals surface area (Å²) in [6.45, 7) is 6.95. The molecule has 31 heavy (non-hydrogen) atoms. The van der Waals surface area contributed by atoms with E-state index in [2.05, 4.69) is 0 Å². The fourth-order valence-corrected chi connectivity index (χ4v) is 6.99. The number of halogens is 1. The summed E-state index contributed by atoms with van der Waals surface area (Å²) < 4.78 is 48.0.